The van der Waals surface area contributed by atoms with Crippen LogP contribution in [0, 0.1) is 5.92 Å². The predicted octanol–water partition coefficient (Wildman–Crippen LogP) is 1.95. The van der Waals surface area contributed by atoms with Gasteiger partial charge in [-0.05, 0) is 6.42 Å². The lowest BCUT2D eigenvalue weighted by molar-refractivity contribution is 0.468. The molecule has 0 amide bonds. The van der Waals surface area contributed by atoms with E-state index in [4.69, 9.17) is 0 Å². The summed E-state index contributed by atoms with van der Waals surface area (Å²) in [4.78, 5) is 0. The second kappa shape index (κ2) is 2.37. The summed E-state index contributed by atoms with van der Waals surface area (Å²) in [5, 5.41) is 8.14. The lowest BCUT2D eigenvalue weighted by atomic mass is 9.92. The molecule has 0 aromatic rings. The van der Waals surface area contributed by atoms with E-state index in [-0.39, 0.29) is 0 Å². The fourth-order valence-electron chi connectivity index (χ4n) is 1.39. The molecule has 2 unspecified atom stereocenters. The van der Waals surface area contributed by atoms with Gasteiger partial charge in [0.05, 0.1) is 12.6 Å². The van der Waals surface area contributed by atoms with Crippen molar-refractivity contribution in [1.82, 2.24) is 0 Å². The molecule has 0 aromatic heterocycles. The van der Waals surface area contributed by atoms with Crippen LogP contribution in [0.2, 0.25) is 0 Å². The molecule has 0 spiro atoms. The van der Waals surface area contributed by atoms with Gasteiger partial charge in [0, 0.05) is 5.92 Å². The first-order valence-electron chi connectivity index (χ1n) is 3.68. The lowest BCUT2D eigenvalue weighted by Crippen LogP contribution is -2.20. The summed E-state index contributed by atoms with van der Waals surface area (Å²) in [6.45, 7) is 0.902. The van der Waals surface area contributed by atoms with Crippen LogP contribution < -0.4 is 0 Å². The molecule has 0 fully saturated rings. The molecule has 52 valence electrons. The van der Waals surface area contributed by atoms with Crippen LogP contribution in [0.5, 0.6) is 0 Å². The molecule has 2 aliphatic rings. The highest BCUT2D eigenvalue weighted by molar-refractivity contribution is 5.17. The molecule has 0 bridgehead atoms. The standard InChI is InChI=1S/C8H10N2/c1-2-4-8-7(3-1)5-6-9-10-8/h1-4,7-8H,5-6H2. The third-order valence-electron chi connectivity index (χ3n) is 1.99. The van der Waals surface area contributed by atoms with Gasteiger partial charge in [0.2, 0.25) is 0 Å². The molecule has 2 rings (SSSR count). The van der Waals surface area contributed by atoms with Gasteiger partial charge in [-0.15, -0.1) is 0 Å². The average Bonchev–Trinajstić information content (AvgIpc) is 2.05. The smallest absolute Gasteiger partial charge is 0.0954 e. The summed E-state index contributed by atoms with van der Waals surface area (Å²) in [6.07, 6.45) is 9.65. The van der Waals surface area contributed by atoms with E-state index in [1.165, 1.54) is 0 Å². The monoisotopic (exact) mass is 134 g/mol. The Bertz CT molecular complexity index is 203. The minimum atomic E-state index is 0.346. The Balaban J connectivity index is 2.21. The second-order valence-corrected chi connectivity index (χ2v) is 2.69. The maximum atomic E-state index is 4.14. The summed E-state index contributed by atoms with van der Waals surface area (Å²) in [5.41, 5.74) is 0. The molecule has 2 heteroatoms. The van der Waals surface area contributed by atoms with Crippen molar-refractivity contribution < 1.29 is 0 Å². The first-order valence-corrected chi connectivity index (χ1v) is 3.68. The van der Waals surface area contributed by atoms with Crippen LogP contribution in [-0.2, 0) is 0 Å². The zero-order chi connectivity index (χ0) is 6.81. The van der Waals surface area contributed by atoms with Crippen molar-refractivity contribution in [2.75, 3.05) is 6.54 Å². The zero-order valence-electron chi connectivity index (χ0n) is 5.77. The van der Waals surface area contributed by atoms with Gasteiger partial charge in [-0.1, -0.05) is 24.3 Å². The summed E-state index contributed by atoms with van der Waals surface area (Å²) < 4.78 is 0. The van der Waals surface area contributed by atoms with Gasteiger partial charge in [0.1, 0.15) is 0 Å². The number of hydrogen-bond donors (Lipinski definition) is 0. The van der Waals surface area contributed by atoms with Crippen LogP contribution in [0.1, 0.15) is 6.42 Å². The van der Waals surface area contributed by atoms with E-state index in [1.54, 1.807) is 0 Å². The van der Waals surface area contributed by atoms with E-state index in [0.717, 1.165) is 13.0 Å². The van der Waals surface area contributed by atoms with Gasteiger partial charge in [-0.2, -0.15) is 10.2 Å². The highest BCUT2D eigenvalue weighted by Gasteiger charge is 2.19. The maximum absolute atomic E-state index is 4.14. The minimum absolute atomic E-state index is 0.346. The topological polar surface area (TPSA) is 24.7 Å². The molecular formula is C8H10N2. The normalized spacial score (nSPS) is 36.0. The minimum Gasteiger partial charge on any atom is -0.194 e. The van der Waals surface area contributed by atoms with E-state index in [0.29, 0.717) is 12.0 Å². The molecule has 1 aliphatic carbocycles. The summed E-state index contributed by atoms with van der Waals surface area (Å²) in [7, 11) is 0. The first kappa shape index (κ1) is 5.83. The molecule has 2 atom stereocenters. The van der Waals surface area contributed by atoms with E-state index in [2.05, 4.69) is 28.5 Å². The van der Waals surface area contributed by atoms with E-state index >= 15 is 0 Å². The largest absolute Gasteiger partial charge is 0.194 e. The molecule has 0 saturated carbocycles. The third kappa shape index (κ3) is 0.897. The number of rotatable bonds is 0. The SMILES string of the molecule is C1=CC2CCN=NC2C=C1. The van der Waals surface area contributed by atoms with Gasteiger partial charge in [0.25, 0.3) is 0 Å². The van der Waals surface area contributed by atoms with Crippen LogP contribution in [0.3, 0.4) is 0 Å². The van der Waals surface area contributed by atoms with Crippen molar-refractivity contribution in [3.8, 4) is 0 Å². The molecule has 0 N–H and O–H groups in total. The van der Waals surface area contributed by atoms with Crippen molar-refractivity contribution >= 4 is 0 Å². The Morgan fingerprint density at radius 3 is 3.00 bits per heavy atom. The Morgan fingerprint density at radius 2 is 2.10 bits per heavy atom. The van der Waals surface area contributed by atoms with Crippen LogP contribution in [-0.4, -0.2) is 12.6 Å². The molecule has 1 aliphatic heterocycles. The van der Waals surface area contributed by atoms with Crippen molar-refractivity contribution in [3.63, 3.8) is 0 Å². The third-order valence-corrected chi connectivity index (χ3v) is 1.99. The lowest BCUT2D eigenvalue weighted by Gasteiger charge is -2.21. The molecule has 1 heterocycles. The summed E-state index contributed by atoms with van der Waals surface area (Å²) >= 11 is 0. The summed E-state index contributed by atoms with van der Waals surface area (Å²) in [6, 6.07) is 0.346. The van der Waals surface area contributed by atoms with Crippen LogP contribution in [0.15, 0.2) is 34.5 Å². The molecule has 10 heavy (non-hydrogen) atoms. The number of nitrogens with zero attached hydrogens (tertiary/aromatic N) is 2. The van der Waals surface area contributed by atoms with Crippen LogP contribution in [0.25, 0.3) is 0 Å². The van der Waals surface area contributed by atoms with Gasteiger partial charge in [-0.25, -0.2) is 0 Å². The van der Waals surface area contributed by atoms with E-state index < -0.39 is 0 Å². The average molecular weight is 134 g/mol. The van der Waals surface area contributed by atoms with Gasteiger partial charge < -0.3 is 0 Å². The number of hydrogen-bond acceptors (Lipinski definition) is 2. The Labute approximate surface area is 60.3 Å². The van der Waals surface area contributed by atoms with Crippen LogP contribution >= 0.6 is 0 Å². The van der Waals surface area contributed by atoms with Gasteiger partial charge in [-0.3, -0.25) is 0 Å². The Kier molecular flexibility index (Phi) is 1.38. The molecule has 0 aromatic carbocycles. The first-order chi connectivity index (χ1) is 4.97. The van der Waals surface area contributed by atoms with Gasteiger partial charge >= 0.3 is 0 Å². The van der Waals surface area contributed by atoms with Gasteiger partial charge in [0.15, 0.2) is 0 Å². The molecule has 2 nitrogen and oxygen atoms in total. The number of fused-ring (bicyclic) bond motifs is 1. The fraction of sp³-hybridized carbons (Fsp3) is 0.500. The van der Waals surface area contributed by atoms with Crippen molar-refractivity contribution in [1.29, 1.82) is 0 Å². The molecule has 0 saturated heterocycles. The maximum Gasteiger partial charge on any atom is 0.0954 e. The Hall–Kier alpha value is -0.920. The number of allylic oxidation sites excluding steroid dienone is 2. The predicted molar refractivity (Wildman–Crippen MR) is 39.9 cm³/mol. The Morgan fingerprint density at radius 1 is 1.20 bits per heavy atom. The molecule has 0 radical (unpaired) electrons. The van der Waals surface area contributed by atoms with E-state index in [9.17, 15) is 0 Å². The highest BCUT2D eigenvalue weighted by atomic mass is 15.1. The number of azo groups is 1. The molecular weight excluding hydrogens is 124 g/mol. The quantitative estimate of drug-likeness (QED) is 0.483. The highest BCUT2D eigenvalue weighted by Crippen LogP contribution is 2.22. The van der Waals surface area contributed by atoms with Crippen LogP contribution in [0.4, 0.5) is 0 Å². The second-order valence-electron chi connectivity index (χ2n) is 2.69. The summed E-state index contributed by atoms with van der Waals surface area (Å²) in [5.74, 6) is 0.627. The van der Waals surface area contributed by atoms with Crippen molar-refractivity contribution in [3.05, 3.63) is 24.3 Å². The van der Waals surface area contributed by atoms with Crippen molar-refractivity contribution in [2.45, 2.75) is 12.5 Å². The fourth-order valence-corrected chi connectivity index (χ4v) is 1.39. The van der Waals surface area contributed by atoms with Crippen molar-refractivity contribution in [2.24, 2.45) is 16.1 Å². The van der Waals surface area contributed by atoms with E-state index in [1.807, 2.05) is 6.08 Å². The zero-order valence-corrected chi connectivity index (χ0v) is 5.77.